The Morgan fingerprint density at radius 2 is 1.59 bits per heavy atom. The van der Waals surface area contributed by atoms with Gasteiger partial charge in [-0.25, -0.2) is 0 Å². The molecule has 32 heavy (non-hydrogen) atoms. The summed E-state index contributed by atoms with van der Waals surface area (Å²) in [5.74, 6) is -0.0103. The van der Waals surface area contributed by atoms with E-state index in [0.29, 0.717) is 23.3 Å². The molecule has 2 aromatic carbocycles. The first-order chi connectivity index (χ1) is 14.9. The maximum atomic E-state index is 13.2. The maximum Gasteiger partial charge on any atom is 0.416 e. The van der Waals surface area contributed by atoms with Crippen LogP contribution in [0.15, 0.2) is 36.4 Å². The molecule has 0 aliphatic carbocycles. The summed E-state index contributed by atoms with van der Waals surface area (Å²) in [6, 6.07) is 8.40. The van der Waals surface area contributed by atoms with Crippen molar-refractivity contribution in [3.05, 3.63) is 69.8 Å². The summed E-state index contributed by atoms with van der Waals surface area (Å²) in [6.45, 7) is 1.38. The van der Waals surface area contributed by atoms with Crippen molar-refractivity contribution in [1.29, 1.82) is 5.26 Å². The van der Waals surface area contributed by atoms with Gasteiger partial charge in [0.1, 0.15) is 0 Å². The van der Waals surface area contributed by atoms with Crippen LogP contribution < -0.4 is 4.90 Å². The van der Waals surface area contributed by atoms with E-state index in [9.17, 15) is 31.6 Å². The minimum atomic E-state index is -4.96. The Bertz CT molecular complexity index is 1130. The Balaban J connectivity index is 2.06. The van der Waals surface area contributed by atoms with Crippen LogP contribution in [0.2, 0.25) is 0 Å². The fourth-order valence-electron chi connectivity index (χ4n) is 3.10. The van der Waals surface area contributed by atoms with E-state index in [1.165, 1.54) is 11.9 Å². The molecule has 1 aromatic heterocycles. The van der Waals surface area contributed by atoms with Crippen LogP contribution in [0.3, 0.4) is 0 Å². The van der Waals surface area contributed by atoms with Gasteiger partial charge in [-0.3, -0.25) is 0 Å². The van der Waals surface area contributed by atoms with Crippen LogP contribution in [0.4, 0.5) is 32.3 Å². The lowest BCUT2D eigenvalue weighted by Gasteiger charge is -2.23. The van der Waals surface area contributed by atoms with Gasteiger partial charge in [0.2, 0.25) is 0 Å². The van der Waals surface area contributed by atoms with Crippen molar-refractivity contribution >= 4 is 5.95 Å². The number of rotatable bonds is 5. The number of nitriles is 1. The van der Waals surface area contributed by atoms with E-state index in [0.717, 1.165) is 10.4 Å². The van der Waals surface area contributed by atoms with Gasteiger partial charge in [0.25, 0.3) is 5.95 Å². The molecule has 0 spiro atoms. The van der Waals surface area contributed by atoms with Gasteiger partial charge in [-0.2, -0.15) is 36.4 Å². The highest BCUT2D eigenvalue weighted by atomic mass is 19.4. The van der Waals surface area contributed by atoms with Gasteiger partial charge in [0.15, 0.2) is 0 Å². The van der Waals surface area contributed by atoms with Crippen LogP contribution in [0, 0.1) is 18.3 Å². The summed E-state index contributed by atoms with van der Waals surface area (Å²) in [5.41, 5.74) is -1.42. The van der Waals surface area contributed by atoms with E-state index >= 15 is 0 Å². The smallest absolute Gasteiger partial charge is 0.329 e. The van der Waals surface area contributed by atoms with E-state index in [-0.39, 0.29) is 30.7 Å². The molecule has 0 saturated carbocycles. The molecule has 0 bridgehead atoms. The zero-order valence-electron chi connectivity index (χ0n) is 16.8. The van der Waals surface area contributed by atoms with Crippen molar-refractivity contribution in [3.63, 3.8) is 0 Å². The number of tetrazole rings is 1. The number of nitrogens with zero attached hydrogens (tertiary/aromatic N) is 6. The molecule has 1 heterocycles. The fraction of sp³-hybridized carbons (Fsp3) is 0.300. The average Bonchev–Trinajstić information content (AvgIpc) is 3.12. The largest absolute Gasteiger partial charge is 0.416 e. The van der Waals surface area contributed by atoms with E-state index < -0.39 is 23.5 Å². The van der Waals surface area contributed by atoms with Crippen molar-refractivity contribution in [2.45, 2.75) is 32.4 Å². The predicted molar refractivity (Wildman–Crippen MR) is 101 cm³/mol. The lowest BCUT2D eigenvalue weighted by molar-refractivity contribution is -0.143. The molecule has 0 aliphatic heterocycles. The van der Waals surface area contributed by atoms with Crippen LogP contribution in [0.1, 0.15) is 33.4 Å². The van der Waals surface area contributed by atoms with Gasteiger partial charge in [0.05, 0.1) is 29.8 Å². The number of aryl methyl sites for hydroxylation is 2. The second-order valence-corrected chi connectivity index (χ2v) is 7.12. The van der Waals surface area contributed by atoms with Crippen LogP contribution in [0.5, 0.6) is 0 Å². The third-order valence-corrected chi connectivity index (χ3v) is 4.54. The molecule has 0 saturated heterocycles. The van der Waals surface area contributed by atoms with E-state index in [1.54, 1.807) is 25.1 Å². The number of hydrogen-bond donors (Lipinski definition) is 0. The number of hydrogen-bond acceptors (Lipinski definition) is 5. The molecule has 3 aromatic rings. The van der Waals surface area contributed by atoms with Gasteiger partial charge in [-0.15, -0.1) is 5.10 Å². The van der Waals surface area contributed by atoms with Crippen molar-refractivity contribution < 1.29 is 26.3 Å². The third kappa shape index (κ3) is 5.35. The first-order valence-corrected chi connectivity index (χ1v) is 9.14. The molecule has 0 aliphatic rings. The molecule has 0 N–H and O–H groups in total. The number of halogens is 6. The summed E-state index contributed by atoms with van der Waals surface area (Å²) >= 11 is 0. The standard InChI is InChI=1S/C20H16F6N6/c1-12-3-4-14(9-27)15(5-12)11-32(18-28-30-31(2)29-18)10-13-6-16(19(21,22)23)8-17(7-13)20(24,25)26/h3-8H,10-11H2,1-2H3. The zero-order valence-corrected chi connectivity index (χ0v) is 16.8. The fourth-order valence-corrected chi connectivity index (χ4v) is 3.10. The average molecular weight is 454 g/mol. The van der Waals surface area contributed by atoms with Crippen molar-refractivity contribution in [1.82, 2.24) is 20.2 Å². The van der Waals surface area contributed by atoms with Crippen LogP contribution in [0.25, 0.3) is 0 Å². The maximum absolute atomic E-state index is 13.2. The van der Waals surface area contributed by atoms with Crippen LogP contribution in [-0.4, -0.2) is 20.2 Å². The Labute approximate surface area is 178 Å². The zero-order chi connectivity index (χ0) is 23.7. The highest BCUT2D eigenvalue weighted by Crippen LogP contribution is 2.36. The number of anilines is 1. The molecule has 0 radical (unpaired) electrons. The van der Waals surface area contributed by atoms with Gasteiger partial charge < -0.3 is 4.90 Å². The van der Waals surface area contributed by atoms with Gasteiger partial charge in [-0.05, 0) is 47.5 Å². The molecule has 6 nitrogen and oxygen atoms in total. The normalized spacial score (nSPS) is 12.0. The molecule has 0 unspecified atom stereocenters. The third-order valence-electron chi connectivity index (χ3n) is 4.54. The van der Waals surface area contributed by atoms with Crippen LogP contribution >= 0.6 is 0 Å². The molecule has 168 valence electrons. The van der Waals surface area contributed by atoms with Gasteiger partial charge in [0, 0.05) is 13.1 Å². The minimum absolute atomic E-state index is 0.0103. The summed E-state index contributed by atoms with van der Waals surface area (Å²) in [6.07, 6.45) is -9.92. The van der Waals surface area contributed by atoms with Crippen molar-refractivity contribution in [3.8, 4) is 6.07 Å². The lowest BCUT2D eigenvalue weighted by Crippen LogP contribution is -2.25. The molecular formula is C20H16F6N6. The van der Waals surface area contributed by atoms with Gasteiger partial charge >= 0.3 is 12.4 Å². The summed E-state index contributed by atoms with van der Waals surface area (Å²) in [4.78, 5) is 2.47. The first kappa shape index (κ1) is 23.1. The molecule has 12 heteroatoms. The van der Waals surface area contributed by atoms with Crippen LogP contribution in [-0.2, 0) is 32.5 Å². The summed E-state index contributed by atoms with van der Waals surface area (Å²) in [7, 11) is 1.47. The molecule has 0 fully saturated rings. The molecule has 3 rings (SSSR count). The van der Waals surface area contributed by atoms with E-state index in [1.807, 2.05) is 6.07 Å². The molecular weight excluding hydrogens is 438 g/mol. The SMILES string of the molecule is Cc1ccc(C#N)c(CN(Cc2cc(C(F)(F)F)cc(C(F)(F)F)c2)c2nnn(C)n2)c1. The lowest BCUT2D eigenvalue weighted by atomic mass is 10.0. The number of alkyl halides is 6. The van der Waals surface area contributed by atoms with Crippen molar-refractivity contribution in [2.24, 2.45) is 7.05 Å². The Kier molecular flexibility index (Phi) is 6.11. The highest BCUT2D eigenvalue weighted by molar-refractivity contribution is 5.44. The second kappa shape index (κ2) is 8.49. The topological polar surface area (TPSA) is 70.6 Å². The predicted octanol–water partition coefficient (Wildman–Crippen LogP) is 4.63. The first-order valence-electron chi connectivity index (χ1n) is 9.14. The summed E-state index contributed by atoms with van der Waals surface area (Å²) < 4.78 is 79.4. The highest BCUT2D eigenvalue weighted by Gasteiger charge is 2.37. The number of benzene rings is 2. The second-order valence-electron chi connectivity index (χ2n) is 7.12. The van der Waals surface area contributed by atoms with Crippen molar-refractivity contribution in [2.75, 3.05) is 4.90 Å². The molecule has 0 atom stereocenters. The summed E-state index contributed by atoms with van der Waals surface area (Å²) in [5, 5.41) is 20.9. The molecule has 0 amide bonds. The monoisotopic (exact) mass is 454 g/mol. The Morgan fingerprint density at radius 3 is 2.09 bits per heavy atom. The van der Waals surface area contributed by atoms with E-state index in [2.05, 4.69) is 15.4 Å². The van der Waals surface area contributed by atoms with E-state index in [4.69, 9.17) is 0 Å². The quantitative estimate of drug-likeness (QED) is 0.526. The van der Waals surface area contributed by atoms with Gasteiger partial charge in [-0.1, -0.05) is 22.8 Å². The Hall–Kier alpha value is -3.62. The Morgan fingerprint density at radius 1 is 0.969 bits per heavy atom. The minimum Gasteiger partial charge on any atom is -0.329 e. The number of aromatic nitrogens is 4.